The third-order valence-corrected chi connectivity index (χ3v) is 1.98. The summed E-state index contributed by atoms with van der Waals surface area (Å²) in [5.41, 5.74) is -1.38. The van der Waals surface area contributed by atoms with Crippen LogP contribution in [0.2, 0.25) is 0 Å². The molecule has 1 aromatic rings. The van der Waals surface area contributed by atoms with Crippen molar-refractivity contribution in [2.24, 2.45) is 5.92 Å². The fourth-order valence-electron chi connectivity index (χ4n) is 1.11. The molecule has 0 saturated heterocycles. The molecular formula is C10H7F5O. The van der Waals surface area contributed by atoms with Crippen LogP contribution < -0.4 is 0 Å². The molecule has 1 rings (SSSR count). The molecule has 0 spiro atoms. The maximum absolute atomic E-state index is 13.1. The third-order valence-electron chi connectivity index (χ3n) is 1.98. The van der Waals surface area contributed by atoms with Gasteiger partial charge in [0.15, 0.2) is 29.1 Å². The Balaban J connectivity index is 3.58. The quantitative estimate of drug-likeness (QED) is 0.334. The van der Waals surface area contributed by atoms with Gasteiger partial charge in [-0.1, -0.05) is 13.8 Å². The number of carbonyl (C=O) groups excluding carboxylic acids is 1. The fraction of sp³-hybridized carbons (Fsp3) is 0.300. The maximum Gasteiger partial charge on any atom is 0.200 e. The Kier molecular flexibility index (Phi) is 3.30. The second-order valence-electron chi connectivity index (χ2n) is 3.46. The van der Waals surface area contributed by atoms with Gasteiger partial charge in [0.2, 0.25) is 5.82 Å². The van der Waals surface area contributed by atoms with Gasteiger partial charge in [-0.3, -0.25) is 4.79 Å². The summed E-state index contributed by atoms with van der Waals surface area (Å²) in [6.45, 7) is 2.58. The highest BCUT2D eigenvalue weighted by Gasteiger charge is 2.30. The Morgan fingerprint density at radius 1 is 0.812 bits per heavy atom. The van der Waals surface area contributed by atoms with Crippen molar-refractivity contribution in [2.75, 3.05) is 0 Å². The number of rotatable bonds is 2. The van der Waals surface area contributed by atoms with Crippen LogP contribution in [0.3, 0.4) is 0 Å². The van der Waals surface area contributed by atoms with E-state index < -0.39 is 46.4 Å². The number of halogens is 5. The number of Topliss-reactive ketones (excluding diaryl/α,β-unsaturated/α-hetero) is 1. The second-order valence-corrected chi connectivity index (χ2v) is 3.46. The van der Waals surface area contributed by atoms with E-state index in [1.165, 1.54) is 13.8 Å². The van der Waals surface area contributed by atoms with Crippen LogP contribution in [0.4, 0.5) is 22.0 Å². The number of benzene rings is 1. The van der Waals surface area contributed by atoms with E-state index in [0.717, 1.165) is 0 Å². The Morgan fingerprint density at radius 2 is 1.12 bits per heavy atom. The van der Waals surface area contributed by atoms with Gasteiger partial charge in [-0.15, -0.1) is 0 Å². The van der Waals surface area contributed by atoms with Gasteiger partial charge in [-0.05, 0) is 0 Å². The minimum atomic E-state index is -2.27. The maximum atomic E-state index is 13.1. The molecule has 0 aromatic heterocycles. The van der Waals surface area contributed by atoms with E-state index in [4.69, 9.17) is 0 Å². The third kappa shape index (κ3) is 1.79. The summed E-state index contributed by atoms with van der Waals surface area (Å²) in [4.78, 5) is 11.3. The summed E-state index contributed by atoms with van der Waals surface area (Å²) in [5.74, 6) is -12.7. The highest BCUT2D eigenvalue weighted by molar-refractivity contribution is 5.98. The van der Waals surface area contributed by atoms with Crippen LogP contribution in [0.15, 0.2) is 0 Å². The SMILES string of the molecule is CC(C)C(=O)c1c(F)c(F)c(F)c(F)c1F. The molecule has 16 heavy (non-hydrogen) atoms. The molecule has 1 nitrogen and oxygen atoms in total. The molecule has 0 amide bonds. The summed E-state index contributed by atoms with van der Waals surface area (Å²) >= 11 is 0. The smallest absolute Gasteiger partial charge is 0.200 e. The highest BCUT2D eigenvalue weighted by Crippen LogP contribution is 2.24. The second kappa shape index (κ2) is 4.19. The largest absolute Gasteiger partial charge is 0.294 e. The molecule has 0 aliphatic rings. The van der Waals surface area contributed by atoms with Gasteiger partial charge in [0.1, 0.15) is 0 Å². The Labute approximate surface area is 87.9 Å². The van der Waals surface area contributed by atoms with Crippen molar-refractivity contribution in [1.29, 1.82) is 0 Å². The van der Waals surface area contributed by atoms with E-state index >= 15 is 0 Å². The van der Waals surface area contributed by atoms with Crippen LogP contribution in [-0.4, -0.2) is 5.78 Å². The predicted octanol–water partition coefficient (Wildman–Crippen LogP) is 3.22. The lowest BCUT2D eigenvalue weighted by atomic mass is 9.99. The summed E-state index contributed by atoms with van der Waals surface area (Å²) in [7, 11) is 0. The van der Waals surface area contributed by atoms with Crippen molar-refractivity contribution < 1.29 is 26.7 Å². The van der Waals surface area contributed by atoms with Crippen molar-refractivity contribution in [1.82, 2.24) is 0 Å². The first-order chi connectivity index (χ1) is 7.29. The van der Waals surface area contributed by atoms with Crippen molar-refractivity contribution in [3.63, 3.8) is 0 Å². The molecule has 0 heterocycles. The predicted molar refractivity (Wildman–Crippen MR) is 45.4 cm³/mol. The monoisotopic (exact) mass is 238 g/mol. The Morgan fingerprint density at radius 3 is 1.44 bits per heavy atom. The van der Waals surface area contributed by atoms with E-state index in [0.29, 0.717) is 0 Å². The molecule has 0 N–H and O–H groups in total. The molecule has 0 atom stereocenters. The zero-order valence-corrected chi connectivity index (χ0v) is 8.38. The normalized spacial score (nSPS) is 11.0. The van der Waals surface area contributed by atoms with E-state index in [9.17, 15) is 26.7 Å². The zero-order valence-electron chi connectivity index (χ0n) is 8.38. The van der Waals surface area contributed by atoms with Crippen LogP contribution in [0.5, 0.6) is 0 Å². The minimum absolute atomic E-state index is 0.867. The van der Waals surface area contributed by atoms with Crippen LogP contribution in [0, 0.1) is 35.0 Å². The first kappa shape index (κ1) is 12.6. The molecular weight excluding hydrogens is 231 g/mol. The molecule has 0 unspecified atom stereocenters. The van der Waals surface area contributed by atoms with Gasteiger partial charge >= 0.3 is 0 Å². The molecule has 0 fully saturated rings. The lowest BCUT2D eigenvalue weighted by Gasteiger charge is -2.08. The van der Waals surface area contributed by atoms with Crippen molar-refractivity contribution in [3.05, 3.63) is 34.6 Å². The molecule has 88 valence electrons. The fourth-order valence-corrected chi connectivity index (χ4v) is 1.11. The van der Waals surface area contributed by atoms with E-state index in [1.54, 1.807) is 0 Å². The van der Waals surface area contributed by atoms with Crippen LogP contribution in [0.25, 0.3) is 0 Å². The summed E-state index contributed by atoms with van der Waals surface area (Å²) in [6, 6.07) is 0. The van der Waals surface area contributed by atoms with E-state index in [1.807, 2.05) is 0 Å². The number of carbonyl (C=O) groups is 1. The summed E-state index contributed by atoms with van der Waals surface area (Å²) < 4.78 is 64.2. The van der Waals surface area contributed by atoms with Crippen molar-refractivity contribution in [2.45, 2.75) is 13.8 Å². The van der Waals surface area contributed by atoms with Gasteiger partial charge in [-0.25, -0.2) is 22.0 Å². The van der Waals surface area contributed by atoms with E-state index in [2.05, 4.69) is 0 Å². The van der Waals surface area contributed by atoms with Crippen LogP contribution in [0.1, 0.15) is 24.2 Å². The van der Waals surface area contributed by atoms with Crippen molar-refractivity contribution in [3.8, 4) is 0 Å². The van der Waals surface area contributed by atoms with Gasteiger partial charge in [-0.2, -0.15) is 0 Å². The molecule has 6 heteroatoms. The van der Waals surface area contributed by atoms with Gasteiger partial charge < -0.3 is 0 Å². The molecule has 0 radical (unpaired) electrons. The molecule has 0 saturated carbocycles. The number of ketones is 1. The molecule has 0 aliphatic carbocycles. The molecule has 0 bridgehead atoms. The number of hydrogen-bond donors (Lipinski definition) is 0. The van der Waals surface area contributed by atoms with Gasteiger partial charge in [0.05, 0.1) is 5.56 Å². The zero-order chi connectivity index (χ0) is 12.6. The van der Waals surface area contributed by atoms with Crippen LogP contribution >= 0.6 is 0 Å². The lowest BCUT2D eigenvalue weighted by Crippen LogP contribution is -2.16. The number of hydrogen-bond acceptors (Lipinski definition) is 1. The summed E-state index contributed by atoms with van der Waals surface area (Å²) in [6.07, 6.45) is 0. The highest BCUT2D eigenvalue weighted by atomic mass is 19.2. The van der Waals surface area contributed by atoms with Gasteiger partial charge in [0.25, 0.3) is 0 Å². The first-order valence-corrected chi connectivity index (χ1v) is 4.34. The topological polar surface area (TPSA) is 17.1 Å². The average molecular weight is 238 g/mol. The first-order valence-electron chi connectivity index (χ1n) is 4.34. The Hall–Kier alpha value is -1.46. The lowest BCUT2D eigenvalue weighted by molar-refractivity contribution is 0.0927. The van der Waals surface area contributed by atoms with Crippen LogP contribution in [-0.2, 0) is 0 Å². The minimum Gasteiger partial charge on any atom is -0.294 e. The van der Waals surface area contributed by atoms with Crippen molar-refractivity contribution >= 4 is 5.78 Å². The summed E-state index contributed by atoms with van der Waals surface area (Å²) in [5, 5.41) is 0. The molecule has 1 aromatic carbocycles. The van der Waals surface area contributed by atoms with E-state index in [-0.39, 0.29) is 0 Å². The Bertz CT molecular complexity index is 424. The van der Waals surface area contributed by atoms with Gasteiger partial charge in [0, 0.05) is 5.92 Å². The average Bonchev–Trinajstić information content (AvgIpc) is 2.23. The molecule has 0 aliphatic heterocycles. The standard InChI is InChI=1S/C10H7F5O/c1-3(2)10(16)4-5(11)7(13)9(15)8(14)6(4)12/h3H,1-2H3.